The van der Waals surface area contributed by atoms with Gasteiger partial charge >= 0.3 is 6.09 Å². The molecule has 1 aromatic heterocycles. The molecule has 3 fully saturated rings. The Kier molecular flexibility index (Phi) is 9.84. The number of H-pyrrole nitrogens is 1. The van der Waals surface area contributed by atoms with Crippen LogP contribution in [0.3, 0.4) is 0 Å². The molecule has 0 aliphatic carbocycles. The molecule has 3 aliphatic heterocycles. The minimum absolute atomic E-state index is 0.172. The first kappa shape index (κ1) is 34.7. The predicted octanol–water partition coefficient (Wildman–Crippen LogP) is 6.02. The highest BCUT2D eigenvalue weighted by molar-refractivity contribution is 6.11. The third kappa shape index (κ3) is 8.26. The lowest BCUT2D eigenvalue weighted by Gasteiger charge is -2.48. The van der Waals surface area contributed by atoms with E-state index in [4.69, 9.17) is 9.47 Å². The van der Waals surface area contributed by atoms with Crippen LogP contribution < -0.4 is 15.5 Å². The van der Waals surface area contributed by atoms with E-state index in [0.29, 0.717) is 61.1 Å². The SMILES string of the molecule is CC(C)(C)OC(=O)N1CC(N2CCN(c3ccc(C(=O)Nc4n[nH]c5ccc(Cc6cc(F)cc(F)c6)cc45)c(NC4CCOCC4)c3)CC2)C1. The van der Waals surface area contributed by atoms with E-state index in [-0.39, 0.29) is 18.0 Å². The van der Waals surface area contributed by atoms with Gasteiger partial charge in [-0.1, -0.05) is 6.07 Å². The lowest BCUT2D eigenvalue weighted by Crippen LogP contribution is -2.64. The smallest absolute Gasteiger partial charge is 0.410 e. The molecular formula is C38H45F2N7O4. The summed E-state index contributed by atoms with van der Waals surface area (Å²) >= 11 is 0. The quantitative estimate of drug-likeness (QED) is 0.205. The highest BCUT2D eigenvalue weighted by Crippen LogP contribution is 2.30. The number of amides is 2. The van der Waals surface area contributed by atoms with Gasteiger partial charge in [-0.3, -0.25) is 14.8 Å². The van der Waals surface area contributed by atoms with Gasteiger partial charge in [-0.15, -0.1) is 0 Å². The van der Waals surface area contributed by atoms with Crippen LogP contribution in [0.15, 0.2) is 54.6 Å². The van der Waals surface area contributed by atoms with Crippen molar-refractivity contribution in [1.82, 2.24) is 20.0 Å². The number of anilines is 3. The zero-order chi connectivity index (χ0) is 35.7. The van der Waals surface area contributed by atoms with Crippen LogP contribution in [-0.4, -0.2) is 102 Å². The maximum Gasteiger partial charge on any atom is 0.410 e. The summed E-state index contributed by atoms with van der Waals surface area (Å²) in [7, 11) is 0. The molecule has 3 aromatic carbocycles. The van der Waals surface area contributed by atoms with E-state index >= 15 is 0 Å². The number of benzene rings is 3. The van der Waals surface area contributed by atoms with E-state index in [9.17, 15) is 18.4 Å². The molecule has 0 unspecified atom stereocenters. The molecule has 7 rings (SSSR count). The fraction of sp³-hybridized carbons (Fsp3) is 0.447. The van der Waals surface area contributed by atoms with Crippen LogP contribution in [0.1, 0.15) is 55.1 Å². The van der Waals surface area contributed by atoms with Crippen LogP contribution in [0.2, 0.25) is 0 Å². The number of nitrogens with one attached hydrogen (secondary N) is 3. The summed E-state index contributed by atoms with van der Waals surface area (Å²) in [6, 6.07) is 15.5. The zero-order valence-electron chi connectivity index (χ0n) is 29.3. The third-order valence-electron chi connectivity index (χ3n) is 9.73. The Labute approximate surface area is 296 Å². The van der Waals surface area contributed by atoms with Gasteiger partial charge in [-0.2, -0.15) is 5.10 Å². The standard InChI is InChI=1S/C38H45F2N7O4/c1-38(2,3)51-37(49)47-22-30(23-47)46-12-10-45(11-13-46)29-5-6-31(34(21-29)41-28-8-14-50-15-9-28)36(48)42-35-32-19-24(4-7-33(32)43-44-35)16-25-17-26(39)20-27(40)18-25/h4-7,17-21,28,30,41H,8-16,22-23H2,1-3H3,(H2,42,43,44,48). The first-order valence-corrected chi connectivity index (χ1v) is 17.7. The molecule has 270 valence electrons. The van der Waals surface area contributed by atoms with Gasteiger partial charge in [0, 0.05) is 87.4 Å². The van der Waals surface area contributed by atoms with Crippen molar-refractivity contribution in [2.45, 2.75) is 57.7 Å². The maximum absolute atomic E-state index is 13.9. The van der Waals surface area contributed by atoms with E-state index in [0.717, 1.165) is 67.5 Å². The fourth-order valence-electron chi connectivity index (χ4n) is 7.01. The number of carbonyl (C=O) groups is 2. The van der Waals surface area contributed by atoms with Crippen LogP contribution in [-0.2, 0) is 15.9 Å². The summed E-state index contributed by atoms with van der Waals surface area (Å²) in [5.74, 6) is -1.17. The third-order valence-corrected chi connectivity index (χ3v) is 9.73. The number of likely N-dealkylation sites (tertiary alicyclic amines) is 1. The van der Waals surface area contributed by atoms with Crippen molar-refractivity contribution >= 4 is 40.1 Å². The number of halogens is 2. The van der Waals surface area contributed by atoms with Crippen molar-refractivity contribution in [3.05, 3.63) is 82.9 Å². The van der Waals surface area contributed by atoms with Gasteiger partial charge in [0.25, 0.3) is 5.91 Å². The average Bonchev–Trinajstić information content (AvgIpc) is 3.45. The summed E-state index contributed by atoms with van der Waals surface area (Å²) in [5.41, 5.74) is 3.86. The highest BCUT2D eigenvalue weighted by Gasteiger charge is 2.38. The summed E-state index contributed by atoms with van der Waals surface area (Å²) in [4.78, 5) is 32.8. The van der Waals surface area contributed by atoms with Crippen molar-refractivity contribution in [1.29, 1.82) is 0 Å². The fourth-order valence-corrected chi connectivity index (χ4v) is 7.01. The van der Waals surface area contributed by atoms with Crippen LogP contribution >= 0.6 is 0 Å². The van der Waals surface area contributed by atoms with Gasteiger partial charge in [0.1, 0.15) is 17.2 Å². The number of hydrogen-bond acceptors (Lipinski definition) is 8. The molecule has 11 nitrogen and oxygen atoms in total. The van der Waals surface area contributed by atoms with Gasteiger partial charge < -0.3 is 29.9 Å². The number of fused-ring (bicyclic) bond motifs is 1. The predicted molar refractivity (Wildman–Crippen MR) is 192 cm³/mol. The molecular weight excluding hydrogens is 656 g/mol. The summed E-state index contributed by atoms with van der Waals surface area (Å²) < 4.78 is 38.7. The van der Waals surface area contributed by atoms with Crippen LogP contribution in [0, 0.1) is 11.6 Å². The van der Waals surface area contributed by atoms with Crippen molar-refractivity contribution in [2.75, 3.05) is 68.0 Å². The number of hydrogen-bond donors (Lipinski definition) is 3. The van der Waals surface area contributed by atoms with E-state index in [2.05, 4.69) is 36.7 Å². The van der Waals surface area contributed by atoms with E-state index in [1.807, 2.05) is 51.1 Å². The monoisotopic (exact) mass is 701 g/mol. The van der Waals surface area contributed by atoms with Gasteiger partial charge in [0.15, 0.2) is 5.82 Å². The van der Waals surface area contributed by atoms with Gasteiger partial charge in [0.2, 0.25) is 0 Å². The van der Waals surface area contributed by atoms with Gasteiger partial charge in [-0.05, 0) is 93.6 Å². The second kappa shape index (κ2) is 14.5. The molecule has 51 heavy (non-hydrogen) atoms. The Morgan fingerprint density at radius 1 is 0.941 bits per heavy atom. The van der Waals surface area contributed by atoms with Gasteiger partial charge in [0.05, 0.1) is 11.1 Å². The number of ether oxygens (including phenoxy) is 2. The topological polar surface area (TPSA) is 115 Å². The lowest BCUT2D eigenvalue weighted by molar-refractivity contribution is -0.0162. The Morgan fingerprint density at radius 3 is 2.37 bits per heavy atom. The minimum atomic E-state index is -0.623. The van der Waals surface area contributed by atoms with E-state index in [1.165, 1.54) is 12.1 Å². The number of piperazine rings is 1. The molecule has 0 saturated carbocycles. The lowest BCUT2D eigenvalue weighted by atomic mass is 10.0. The van der Waals surface area contributed by atoms with E-state index in [1.54, 1.807) is 4.90 Å². The van der Waals surface area contributed by atoms with Crippen LogP contribution in [0.5, 0.6) is 0 Å². The average molecular weight is 702 g/mol. The van der Waals surface area contributed by atoms with Crippen LogP contribution in [0.25, 0.3) is 10.9 Å². The molecule has 3 saturated heterocycles. The molecule has 0 atom stereocenters. The molecule has 4 heterocycles. The molecule has 13 heteroatoms. The molecule has 3 N–H and O–H groups in total. The number of carbonyl (C=O) groups excluding carboxylic acids is 2. The molecule has 2 amide bonds. The van der Waals surface area contributed by atoms with Crippen LogP contribution in [0.4, 0.5) is 30.8 Å². The first-order valence-electron chi connectivity index (χ1n) is 17.7. The summed E-state index contributed by atoms with van der Waals surface area (Å²) in [5, 5.41) is 14.7. The van der Waals surface area contributed by atoms with Crippen molar-refractivity contribution in [2.24, 2.45) is 0 Å². The molecule has 0 radical (unpaired) electrons. The largest absolute Gasteiger partial charge is 0.444 e. The molecule has 0 spiro atoms. The Bertz CT molecular complexity index is 1870. The second-order valence-electron chi connectivity index (χ2n) is 14.7. The summed E-state index contributed by atoms with van der Waals surface area (Å²) in [6.07, 6.45) is 1.75. The number of aromatic amines is 1. The first-order chi connectivity index (χ1) is 24.5. The highest BCUT2D eigenvalue weighted by atomic mass is 19.1. The molecule has 3 aliphatic rings. The number of rotatable bonds is 8. The zero-order valence-corrected chi connectivity index (χ0v) is 29.3. The van der Waals surface area contributed by atoms with Gasteiger partial charge in [-0.25, -0.2) is 13.6 Å². The number of aromatic nitrogens is 2. The minimum Gasteiger partial charge on any atom is -0.444 e. The number of nitrogens with zero attached hydrogens (tertiary/aromatic N) is 4. The second-order valence-corrected chi connectivity index (χ2v) is 14.7. The maximum atomic E-state index is 13.9. The van der Waals surface area contributed by atoms with Crippen molar-refractivity contribution < 1.29 is 27.8 Å². The van der Waals surface area contributed by atoms with Crippen molar-refractivity contribution in [3.8, 4) is 0 Å². The Morgan fingerprint density at radius 2 is 1.67 bits per heavy atom. The molecule has 0 bridgehead atoms. The van der Waals surface area contributed by atoms with Crippen molar-refractivity contribution in [3.63, 3.8) is 0 Å². The molecule has 4 aromatic rings. The normalized spacial score (nSPS) is 17.7. The Balaban J connectivity index is 1.04. The van der Waals surface area contributed by atoms with E-state index < -0.39 is 17.2 Å². The summed E-state index contributed by atoms with van der Waals surface area (Å²) in [6.45, 7) is 11.7. The Hall–Kier alpha value is -4.75.